The van der Waals surface area contributed by atoms with Gasteiger partial charge in [0.2, 0.25) is 0 Å². The van der Waals surface area contributed by atoms with Gasteiger partial charge in [-0.3, -0.25) is 4.68 Å². The van der Waals surface area contributed by atoms with Gasteiger partial charge in [-0.2, -0.15) is 5.10 Å². The van der Waals surface area contributed by atoms with Crippen molar-refractivity contribution in [2.45, 2.75) is 53.5 Å². The van der Waals surface area contributed by atoms with Crippen LogP contribution >= 0.6 is 11.6 Å². The number of aromatic nitrogens is 2. The van der Waals surface area contributed by atoms with Crippen LogP contribution in [0.2, 0.25) is 5.02 Å². The van der Waals surface area contributed by atoms with Crippen molar-refractivity contribution in [2.24, 2.45) is 5.92 Å². The third-order valence-corrected chi connectivity index (χ3v) is 3.75. The SMILES string of the molecule is CCNCC(C)CCc1c(Cl)c(CC)nn1CC. The fourth-order valence-corrected chi connectivity index (χ4v) is 2.50. The Morgan fingerprint density at radius 3 is 2.61 bits per heavy atom. The summed E-state index contributed by atoms with van der Waals surface area (Å²) in [4.78, 5) is 0. The lowest BCUT2D eigenvalue weighted by Crippen LogP contribution is -2.21. The Kier molecular flexibility index (Phi) is 6.72. The molecule has 0 amide bonds. The van der Waals surface area contributed by atoms with Crippen LogP contribution in [0.4, 0.5) is 0 Å². The summed E-state index contributed by atoms with van der Waals surface area (Å²) in [5.74, 6) is 0.672. The van der Waals surface area contributed by atoms with Crippen LogP contribution in [-0.4, -0.2) is 22.9 Å². The van der Waals surface area contributed by atoms with Crippen LogP contribution in [0.1, 0.15) is 45.5 Å². The zero-order valence-corrected chi connectivity index (χ0v) is 12.8. The van der Waals surface area contributed by atoms with Gasteiger partial charge in [-0.15, -0.1) is 0 Å². The molecule has 0 spiro atoms. The highest BCUT2D eigenvalue weighted by Gasteiger charge is 2.14. The molecule has 1 atom stereocenters. The van der Waals surface area contributed by atoms with Crippen molar-refractivity contribution in [2.75, 3.05) is 13.1 Å². The van der Waals surface area contributed by atoms with Crippen LogP contribution in [0.15, 0.2) is 0 Å². The molecule has 0 bridgehead atoms. The summed E-state index contributed by atoms with van der Waals surface area (Å²) in [5, 5.41) is 8.83. The molecule has 1 rings (SSSR count). The van der Waals surface area contributed by atoms with E-state index in [-0.39, 0.29) is 0 Å². The second-order valence-electron chi connectivity index (χ2n) is 4.83. The summed E-state index contributed by atoms with van der Waals surface area (Å²) in [6.07, 6.45) is 3.08. The highest BCUT2D eigenvalue weighted by Crippen LogP contribution is 2.23. The first-order valence-electron chi connectivity index (χ1n) is 7.08. The molecule has 4 heteroatoms. The molecule has 3 nitrogen and oxygen atoms in total. The first-order chi connectivity index (χ1) is 8.63. The Morgan fingerprint density at radius 2 is 2.06 bits per heavy atom. The standard InChI is InChI=1S/C14H26ClN3/c1-5-12-14(15)13(18(7-3)17-12)9-8-11(4)10-16-6-2/h11,16H,5-10H2,1-4H3. The molecule has 0 aliphatic heterocycles. The highest BCUT2D eigenvalue weighted by molar-refractivity contribution is 6.31. The minimum Gasteiger partial charge on any atom is -0.317 e. The molecule has 18 heavy (non-hydrogen) atoms. The lowest BCUT2D eigenvalue weighted by molar-refractivity contribution is 0.477. The van der Waals surface area contributed by atoms with Gasteiger partial charge in [0.1, 0.15) is 0 Å². The van der Waals surface area contributed by atoms with Gasteiger partial charge in [0.15, 0.2) is 0 Å². The van der Waals surface area contributed by atoms with Crippen LogP contribution in [0.5, 0.6) is 0 Å². The number of rotatable bonds is 8. The summed E-state index contributed by atoms with van der Waals surface area (Å²) in [7, 11) is 0. The molecule has 0 saturated heterocycles. The number of hydrogen-bond acceptors (Lipinski definition) is 2. The number of nitrogens with zero attached hydrogens (tertiary/aromatic N) is 2. The van der Waals surface area contributed by atoms with Crippen LogP contribution in [0.25, 0.3) is 0 Å². The Hall–Kier alpha value is -0.540. The first kappa shape index (κ1) is 15.5. The van der Waals surface area contributed by atoms with E-state index in [0.29, 0.717) is 5.92 Å². The van der Waals surface area contributed by atoms with Gasteiger partial charge in [-0.05, 0) is 45.2 Å². The first-order valence-corrected chi connectivity index (χ1v) is 7.46. The molecule has 0 aromatic carbocycles. The Balaban J connectivity index is 2.63. The monoisotopic (exact) mass is 271 g/mol. The molecule has 0 aliphatic rings. The van der Waals surface area contributed by atoms with E-state index in [1.807, 2.05) is 0 Å². The molecule has 0 radical (unpaired) electrons. The van der Waals surface area contributed by atoms with E-state index in [1.165, 1.54) is 5.69 Å². The van der Waals surface area contributed by atoms with Gasteiger partial charge in [0.05, 0.1) is 16.4 Å². The molecule has 0 saturated carbocycles. The largest absolute Gasteiger partial charge is 0.317 e. The molecule has 1 heterocycles. The van der Waals surface area contributed by atoms with Gasteiger partial charge in [-0.25, -0.2) is 0 Å². The fourth-order valence-electron chi connectivity index (χ4n) is 2.13. The third kappa shape index (κ3) is 3.99. The van der Waals surface area contributed by atoms with E-state index in [9.17, 15) is 0 Å². The quantitative estimate of drug-likeness (QED) is 0.786. The number of nitrogens with one attached hydrogen (secondary N) is 1. The fraction of sp³-hybridized carbons (Fsp3) is 0.786. The van der Waals surface area contributed by atoms with E-state index in [4.69, 9.17) is 11.6 Å². The molecule has 104 valence electrons. The summed E-state index contributed by atoms with van der Waals surface area (Å²) in [6.45, 7) is 11.7. The molecule has 0 fully saturated rings. The number of aryl methyl sites for hydroxylation is 2. The zero-order valence-electron chi connectivity index (χ0n) is 12.1. The lowest BCUT2D eigenvalue weighted by Gasteiger charge is -2.12. The van der Waals surface area contributed by atoms with Gasteiger partial charge in [0, 0.05) is 6.54 Å². The Labute approximate surface area is 116 Å². The summed E-state index contributed by atoms with van der Waals surface area (Å²) in [6, 6.07) is 0. The van der Waals surface area contributed by atoms with E-state index >= 15 is 0 Å². The average molecular weight is 272 g/mol. The van der Waals surface area contributed by atoms with E-state index in [0.717, 1.165) is 49.6 Å². The maximum Gasteiger partial charge on any atom is 0.0849 e. The van der Waals surface area contributed by atoms with Crippen molar-refractivity contribution in [1.29, 1.82) is 0 Å². The van der Waals surface area contributed by atoms with E-state index < -0.39 is 0 Å². The van der Waals surface area contributed by atoms with Crippen LogP contribution < -0.4 is 5.32 Å². The highest BCUT2D eigenvalue weighted by atomic mass is 35.5. The smallest absolute Gasteiger partial charge is 0.0849 e. The second kappa shape index (κ2) is 7.80. The molecule has 1 N–H and O–H groups in total. The van der Waals surface area contributed by atoms with Crippen LogP contribution in [0.3, 0.4) is 0 Å². The van der Waals surface area contributed by atoms with Crippen molar-refractivity contribution < 1.29 is 0 Å². The van der Waals surface area contributed by atoms with Crippen molar-refractivity contribution in [1.82, 2.24) is 15.1 Å². The molecule has 0 aliphatic carbocycles. The number of halogens is 1. The third-order valence-electron chi connectivity index (χ3n) is 3.31. The average Bonchev–Trinajstić information content (AvgIpc) is 2.69. The van der Waals surface area contributed by atoms with Crippen molar-refractivity contribution in [3.05, 3.63) is 16.4 Å². The van der Waals surface area contributed by atoms with Crippen molar-refractivity contribution >= 4 is 11.6 Å². The molecular weight excluding hydrogens is 246 g/mol. The van der Waals surface area contributed by atoms with Gasteiger partial charge >= 0.3 is 0 Å². The minimum atomic E-state index is 0.672. The normalized spacial score (nSPS) is 12.9. The van der Waals surface area contributed by atoms with Gasteiger partial charge in [-0.1, -0.05) is 32.4 Å². The maximum absolute atomic E-state index is 6.40. The van der Waals surface area contributed by atoms with Gasteiger partial charge in [0.25, 0.3) is 0 Å². The summed E-state index contributed by atoms with van der Waals surface area (Å²) < 4.78 is 2.06. The van der Waals surface area contributed by atoms with Crippen molar-refractivity contribution in [3.63, 3.8) is 0 Å². The van der Waals surface area contributed by atoms with Crippen LogP contribution in [-0.2, 0) is 19.4 Å². The van der Waals surface area contributed by atoms with Crippen molar-refractivity contribution in [3.8, 4) is 0 Å². The van der Waals surface area contributed by atoms with Gasteiger partial charge < -0.3 is 5.32 Å². The van der Waals surface area contributed by atoms with E-state index in [2.05, 4.69) is 42.8 Å². The topological polar surface area (TPSA) is 29.9 Å². The summed E-state index contributed by atoms with van der Waals surface area (Å²) in [5.41, 5.74) is 2.24. The molecule has 1 aromatic rings. The minimum absolute atomic E-state index is 0.672. The number of hydrogen-bond donors (Lipinski definition) is 1. The molecule has 1 unspecified atom stereocenters. The summed E-state index contributed by atoms with van der Waals surface area (Å²) >= 11 is 6.40. The molecular formula is C14H26ClN3. The molecule has 1 aromatic heterocycles. The second-order valence-corrected chi connectivity index (χ2v) is 5.21. The zero-order chi connectivity index (χ0) is 13.5. The lowest BCUT2D eigenvalue weighted by atomic mass is 10.0. The van der Waals surface area contributed by atoms with Crippen LogP contribution in [0, 0.1) is 5.92 Å². The predicted molar refractivity (Wildman–Crippen MR) is 78.3 cm³/mol. The Morgan fingerprint density at radius 1 is 1.33 bits per heavy atom. The Bertz CT molecular complexity index is 360. The van der Waals surface area contributed by atoms with E-state index in [1.54, 1.807) is 0 Å². The predicted octanol–water partition coefficient (Wildman–Crippen LogP) is 3.30. The maximum atomic E-state index is 6.40.